The summed E-state index contributed by atoms with van der Waals surface area (Å²) in [5.41, 5.74) is 0. The third kappa shape index (κ3) is 3.21. The van der Waals surface area contributed by atoms with Crippen LogP contribution >= 0.6 is 11.8 Å². The van der Waals surface area contributed by atoms with E-state index < -0.39 is 0 Å². The molecule has 0 aliphatic carbocycles. The van der Waals surface area contributed by atoms with Crippen LogP contribution in [0.25, 0.3) is 0 Å². The van der Waals surface area contributed by atoms with E-state index in [1.54, 1.807) is 0 Å². The minimum atomic E-state index is -0.335. The van der Waals surface area contributed by atoms with Gasteiger partial charge in [-0.15, -0.1) is 0 Å². The molecule has 2 heterocycles. The molecule has 17 heavy (non-hydrogen) atoms. The third-order valence-electron chi connectivity index (χ3n) is 2.58. The Balaban J connectivity index is 2.19. The van der Waals surface area contributed by atoms with Crippen molar-refractivity contribution in [2.45, 2.75) is 13.3 Å². The summed E-state index contributed by atoms with van der Waals surface area (Å²) in [4.78, 5) is 10.2. The van der Waals surface area contributed by atoms with E-state index in [9.17, 15) is 4.39 Å². The monoisotopic (exact) mass is 256 g/mol. The van der Waals surface area contributed by atoms with Crippen LogP contribution in [0.4, 0.5) is 16.2 Å². The van der Waals surface area contributed by atoms with Gasteiger partial charge in [0, 0.05) is 25.4 Å². The maximum Gasteiger partial charge on any atom is 0.224 e. The lowest BCUT2D eigenvalue weighted by atomic mass is 10.4. The van der Waals surface area contributed by atoms with Crippen LogP contribution in [0.2, 0.25) is 0 Å². The van der Waals surface area contributed by atoms with Crippen LogP contribution in [0, 0.1) is 5.82 Å². The highest BCUT2D eigenvalue weighted by Gasteiger charge is 2.16. The van der Waals surface area contributed by atoms with Crippen molar-refractivity contribution in [3.63, 3.8) is 0 Å². The first-order valence-electron chi connectivity index (χ1n) is 5.90. The molecule has 0 saturated carbocycles. The number of nitrogens with zero attached hydrogens (tertiary/aromatic N) is 3. The van der Waals surface area contributed by atoms with Crippen molar-refractivity contribution in [1.29, 1.82) is 0 Å². The molecule has 0 unspecified atom stereocenters. The Bertz CT molecular complexity index is 366. The first-order chi connectivity index (χ1) is 8.31. The second-order valence-electron chi connectivity index (χ2n) is 3.85. The second-order valence-corrected chi connectivity index (χ2v) is 5.07. The van der Waals surface area contributed by atoms with Crippen LogP contribution in [0.15, 0.2) is 6.20 Å². The predicted octanol–water partition coefficient (Wildman–Crippen LogP) is 1.99. The van der Waals surface area contributed by atoms with E-state index in [-0.39, 0.29) is 5.82 Å². The summed E-state index contributed by atoms with van der Waals surface area (Å²) < 4.78 is 13.7. The highest BCUT2D eigenvalue weighted by atomic mass is 32.2. The quantitative estimate of drug-likeness (QED) is 0.895. The van der Waals surface area contributed by atoms with E-state index in [0.29, 0.717) is 11.8 Å². The zero-order chi connectivity index (χ0) is 12.1. The Hall–Kier alpha value is -1.04. The Morgan fingerprint density at radius 2 is 2.35 bits per heavy atom. The highest BCUT2D eigenvalue weighted by Crippen LogP contribution is 2.20. The molecule has 0 spiro atoms. The molecular formula is C11H17FN4S. The van der Waals surface area contributed by atoms with Gasteiger partial charge >= 0.3 is 0 Å². The number of hydrogen-bond donors (Lipinski definition) is 1. The van der Waals surface area contributed by atoms with E-state index in [4.69, 9.17) is 0 Å². The van der Waals surface area contributed by atoms with E-state index >= 15 is 0 Å². The molecule has 1 fully saturated rings. The van der Waals surface area contributed by atoms with Crippen LogP contribution in [0.1, 0.15) is 13.3 Å². The summed E-state index contributed by atoms with van der Waals surface area (Å²) in [6.07, 6.45) is 2.32. The van der Waals surface area contributed by atoms with Crippen molar-refractivity contribution in [1.82, 2.24) is 9.97 Å². The molecule has 6 heteroatoms. The summed E-state index contributed by atoms with van der Waals surface area (Å²) in [5.74, 6) is 2.77. The molecule has 0 aromatic carbocycles. The number of hydrogen-bond acceptors (Lipinski definition) is 5. The average Bonchev–Trinajstić information content (AvgIpc) is 2.60. The fraction of sp³-hybridized carbons (Fsp3) is 0.636. The summed E-state index contributed by atoms with van der Waals surface area (Å²) in [6.45, 7) is 4.42. The van der Waals surface area contributed by atoms with Gasteiger partial charge in [-0.05, 0) is 19.1 Å². The number of halogens is 1. The molecule has 1 saturated heterocycles. The lowest BCUT2D eigenvalue weighted by Gasteiger charge is -2.21. The van der Waals surface area contributed by atoms with Gasteiger partial charge in [0.05, 0.1) is 6.20 Å². The van der Waals surface area contributed by atoms with Gasteiger partial charge in [0.25, 0.3) is 0 Å². The van der Waals surface area contributed by atoms with Crippen molar-refractivity contribution in [3.8, 4) is 0 Å². The van der Waals surface area contributed by atoms with Gasteiger partial charge in [0.2, 0.25) is 5.95 Å². The number of aromatic nitrogens is 2. The minimum absolute atomic E-state index is 0.335. The maximum absolute atomic E-state index is 13.7. The predicted molar refractivity (Wildman–Crippen MR) is 70.3 cm³/mol. The van der Waals surface area contributed by atoms with Gasteiger partial charge in [0.15, 0.2) is 11.6 Å². The molecule has 1 aromatic heterocycles. The number of nitrogens with one attached hydrogen (secondary N) is 1. The molecule has 0 radical (unpaired) electrons. The van der Waals surface area contributed by atoms with Gasteiger partial charge in [-0.25, -0.2) is 9.37 Å². The van der Waals surface area contributed by atoms with Crippen molar-refractivity contribution in [2.24, 2.45) is 0 Å². The lowest BCUT2D eigenvalue weighted by molar-refractivity contribution is 0.603. The summed E-state index contributed by atoms with van der Waals surface area (Å²) >= 11 is 1.91. The Morgan fingerprint density at radius 3 is 3.18 bits per heavy atom. The van der Waals surface area contributed by atoms with Crippen LogP contribution < -0.4 is 10.2 Å². The van der Waals surface area contributed by atoms with Gasteiger partial charge in [0.1, 0.15) is 0 Å². The first kappa shape index (κ1) is 12.4. The molecule has 1 N–H and O–H groups in total. The van der Waals surface area contributed by atoms with Crippen LogP contribution in [-0.4, -0.2) is 41.1 Å². The molecule has 0 bridgehead atoms. The minimum Gasteiger partial charge on any atom is -0.354 e. The SMILES string of the molecule is CCNc1ncc(F)c(N2CCCSCC2)n1. The Labute approximate surface area is 105 Å². The number of anilines is 2. The van der Waals surface area contributed by atoms with Crippen molar-refractivity contribution in [3.05, 3.63) is 12.0 Å². The molecule has 1 aliphatic rings. The average molecular weight is 256 g/mol. The second kappa shape index (κ2) is 6.05. The highest BCUT2D eigenvalue weighted by molar-refractivity contribution is 7.99. The Morgan fingerprint density at radius 1 is 1.47 bits per heavy atom. The van der Waals surface area contributed by atoms with Gasteiger partial charge in [-0.3, -0.25) is 0 Å². The van der Waals surface area contributed by atoms with E-state index in [1.165, 1.54) is 6.20 Å². The molecule has 2 rings (SSSR count). The summed E-state index contributed by atoms with van der Waals surface area (Å²) in [5, 5.41) is 3.01. The topological polar surface area (TPSA) is 41.1 Å². The van der Waals surface area contributed by atoms with Gasteiger partial charge in [-0.2, -0.15) is 16.7 Å². The van der Waals surface area contributed by atoms with Crippen LogP contribution in [0.3, 0.4) is 0 Å². The first-order valence-corrected chi connectivity index (χ1v) is 7.06. The molecule has 94 valence electrons. The van der Waals surface area contributed by atoms with Crippen LogP contribution in [-0.2, 0) is 0 Å². The largest absolute Gasteiger partial charge is 0.354 e. The molecule has 0 amide bonds. The van der Waals surface area contributed by atoms with Gasteiger partial charge in [-0.1, -0.05) is 0 Å². The fourth-order valence-corrected chi connectivity index (χ4v) is 2.67. The normalized spacial score (nSPS) is 16.7. The van der Waals surface area contributed by atoms with E-state index in [2.05, 4.69) is 15.3 Å². The zero-order valence-electron chi connectivity index (χ0n) is 9.95. The van der Waals surface area contributed by atoms with Gasteiger partial charge < -0.3 is 10.2 Å². The molecule has 0 atom stereocenters. The smallest absolute Gasteiger partial charge is 0.224 e. The summed E-state index contributed by atoms with van der Waals surface area (Å²) in [6, 6.07) is 0. The molecule has 4 nitrogen and oxygen atoms in total. The summed E-state index contributed by atoms with van der Waals surface area (Å²) in [7, 11) is 0. The third-order valence-corrected chi connectivity index (χ3v) is 3.63. The van der Waals surface area contributed by atoms with Crippen molar-refractivity contribution < 1.29 is 4.39 Å². The van der Waals surface area contributed by atoms with E-state index in [1.807, 2.05) is 23.6 Å². The van der Waals surface area contributed by atoms with Crippen molar-refractivity contribution >= 4 is 23.5 Å². The van der Waals surface area contributed by atoms with Crippen LogP contribution in [0.5, 0.6) is 0 Å². The zero-order valence-corrected chi connectivity index (χ0v) is 10.8. The molecule has 1 aromatic rings. The van der Waals surface area contributed by atoms with E-state index in [0.717, 1.165) is 37.6 Å². The Kier molecular flexibility index (Phi) is 4.42. The molecular weight excluding hydrogens is 239 g/mol. The maximum atomic E-state index is 13.7. The lowest BCUT2D eigenvalue weighted by Crippen LogP contribution is -2.28. The fourth-order valence-electron chi connectivity index (χ4n) is 1.78. The standard InChI is InChI=1S/C11H17FN4S/c1-2-13-11-14-8-9(12)10(15-11)16-4-3-6-17-7-5-16/h8H,2-7H2,1H3,(H,13,14,15). The van der Waals surface area contributed by atoms with Crippen molar-refractivity contribution in [2.75, 3.05) is 41.4 Å². The number of rotatable bonds is 3. The molecule has 1 aliphatic heterocycles. The number of thioether (sulfide) groups is 1.